The summed E-state index contributed by atoms with van der Waals surface area (Å²) in [5.74, 6) is 0.266. The monoisotopic (exact) mass is 285 g/mol. The maximum absolute atomic E-state index is 11.7. The van der Waals surface area contributed by atoms with E-state index < -0.39 is 5.60 Å². The summed E-state index contributed by atoms with van der Waals surface area (Å²) in [5, 5.41) is 2.90. The highest BCUT2D eigenvalue weighted by atomic mass is 16.6. The highest BCUT2D eigenvalue weighted by molar-refractivity contribution is 5.69. The number of carbonyl (C=O) groups excluding carboxylic acids is 2. The van der Waals surface area contributed by atoms with Crippen LogP contribution in [0.2, 0.25) is 0 Å². The van der Waals surface area contributed by atoms with Crippen LogP contribution < -0.4 is 5.32 Å². The van der Waals surface area contributed by atoms with Gasteiger partial charge in [-0.15, -0.1) is 0 Å². The maximum atomic E-state index is 11.7. The van der Waals surface area contributed by atoms with E-state index in [9.17, 15) is 9.59 Å². The highest BCUT2D eigenvalue weighted by Crippen LogP contribution is 2.27. The van der Waals surface area contributed by atoms with E-state index >= 15 is 0 Å². The molecule has 0 unspecified atom stereocenters. The first-order valence-corrected chi connectivity index (χ1v) is 7.45. The van der Waals surface area contributed by atoms with Gasteiger partial charge in [-0.2, -0.15) is 0 Å². The predicted octanol–water partition coefficient (Wildman–Crippen LogP) is 3.02. The van der Waals surface area contributed by atoms with Crippen molar-refractivity contribution in [3.8, 4) is 0 Å². The summed E-state index contributed by atoms with van der Waals surface area (Å²) in [6.07, 6.45) is 3.81. The largest absolute Gasteiger partial charge is 0.466 e. The predicted molar refractivity (Wildman–Crippen MR) is 76.4 cm³/mol. The fourth-order valence-corrected chi connectivity index (χ4v) is 2.44. The van der Waals surface area contributed by atoms with Gasteiger partial charge in [0, 0.05) is 12.5 Å². The molecule has 0 saturated heterocycles. The van der Waals surface area contributed by atoms with Gasteiger partial charge < -0.3 is 14.8 Å². The average Bonchev–Trinajstić information content (AvgIpc) is 2.29. The number of carbonyl (C=O) groups is 2. The quantitative estimate of drug-likeness (QED) is 0.806. The van der Waals surface area contributed by atoms with Crippen LogP contribution in [0.4, 0.5) is 4.79 Å². The molecule has 0 atom stereocenters. The summed E-state index contributed by atoms with van der Waals surface area (Å²) in [5.41, 5.74) is -0.467. The van der Waals surface area contributed by atoms with Crippen LogP contribution in [0.25, 0.3) is 0 Å². The Morgan fingerprint density at radius 3 is 2.25 bits per heavy atom. The smallest absolute Gasteiger partial charge is 0.407 e. The van der Waals surface area contributed by atoms with Crippen molar-refractivity contribution >= 4 is 12.1 Å². The lowest BCUT2D eigenvalue weighted by Gasteiger charge is -2.29. The average molecular weight is 285 g/mol. The molecule has 5 heteroatoms. The number of hydrogen-bond acceptors (Lipinski definition) is 4. The molecule has 0 aromatic heterocycles. The Balaban J connectivity index is 2.25. The molecule has 116 valence electrons. The van der Waals surface area contributed by atoms with E-state index in [0.717, 1.165) is 25.7 Å². The molecule has 1 saturated carbocycles. The second-order valence-corrected chi connectivity index (χ2v) is 6.37. The van der Waals surface area contributed by atoms with Crippen molar-refractivity contribution in [3.63, 3.8) is 0 Å². The molecule has 5 nitrogen and oxygen atoms in total. The zero-order valence-corrected chi connectivity index (χ0v) is 13.0. The standard InChI is InChI=1S/C15H27NO4/c1-5-19-13(17)10-11-6-8-12(9-7-11)16-14(18)20-15(2,3)4/h11-12H,5-10H2,1-4H3,(H,16,18). The Kier molecular flexibility index (Phi) is 6.30. The fraction of sp³-hybridized carbons (Fsp3) is 0.867. The lowest BCUT2D eigenvalue weighted by atomic mass is 9.84. The number of nitrogens with one attached hydrogen (secondary N) is 1. The first-order chi connectivity index (χ1) is 9.30. The minimum absolute atomic E-state index is 0.115. The summed E-state index contributed by atoms with van der Waals surface area (Å²) in [4.78, 5) is 23.1. The highest BCUT2D eigenvalue weighted by Gasteiger charge is 2.26. The van der Waals surface area contributed by atoms with Gasteiger partial charge >= 0.3 is 12.1 Å². The molecular weight excluding hydrogens is 258 g/mol. The number of hydrogen-bond donors (Lipinski definition) is 1. The van der Waals surface area contributed by atoms with Gasteiger partial charge in [-0.3, -0.25) is 4.79 Å². The summed E-state index contributed by atoms with van der Waals surface area (Å²) in [7, 11) is 0. The van der Waals surface area contributed by atoms with Crippen molar-refractivity contribution < 1.29 is 19.1 Å². The Labute approximate surface area is 121 Å². The Hall–Kier alpha value is -1.26. The first kappa shape index (κ1) is 16.8. The number of amides is 1. The van der Waals surface area contributed by atoms with E-state index in [1.165, 1.54) is 0 Å². The van der Waals surface area contributed by atoms with E-state index in [0.29, 0.717) is 18.9 Å². The van der Waals surface area contributed by atoms with Gasteiger partial charge in [0.15, 0.2) is 0 Å². The molecule has 1 N–H and O–H groups in total. The van der Waals surface area contributed by atoms with Crippen molar-refractivity contribution in [2.24, 2.45) is 5.92 Å². The molecular formula is C15H27NO4. The van der Waals surface area contributed by atoms with Crippen LogP contribution in [-0.2, 0) is 14.3 Å². The summed E-state index contributed by atoms with van der Waals surface area (Å²) in [6, 6.07) is 0.156. The fourth-order valence-electron chi connectivity index (χ4n) is 2.44. The maximum Gasteiger partial charge on any atom is 0.407 e. The topological polar surface area (TPSA) is 64.6 Å². The molecule has 1 aliphatic rings. The van der Waals surface area contributed by atoms with Gasteiger partial charge in [-0.05, 0) is 59.3 Å². The van der Waals surface area contributed by atoms with Crippen molar-refractivity contribution in [2.45, 2.75) is 71.4 Å². The van der Waals surface area contributed by atoms with Crippen molar-refractivity contribution in [1.82, 2.24) is 5.32 Å². The van der Waals surface area contributed by atoms with Crippen LogP contribution >= 0.6 is 0 Å². The summed E-state index contributed by atoms with van der Waals surface area (Å²) >= 11 is 0. The Morgan fingerprint density at radius 2 is 1.75 bits per heavy atom. The third-order valence-electron chi connectivity index (χ3n) is 3.33. The molecule has 0 heterocycles. The summed E-state index contributed by atoms with van der Waals surface area (Å²) < 4.78 is 10.2. The molecule has 0 aliphatic heterocycles. The van der Waals surface area contributed by atoms with Gasteiger partial charge in [0.25, 0.3) is 0 Å². The third-order valence-corrected chi connectivity index (χ3v) is 3.33. The molecule has 1 amide bonds. The summed E-state index contributed by atoms with van der Waals surface area (Å²) in [6.45, 7) is 7.81. The zero-order valence-electron chi connectivity index (χ0n) is 13.0. The molecule has 1 aliphatic carbocycles. The lowest BCUT2D eigenvalue weighted by molar-refractivity contribution is -0.144. The van der Waals surface area contributed by atoms with Gasteiger partial charge in [0.05, 0.1) is 6.61 Å². The van der Waals surface area contributed by atoms with Crippen LogP contribution in [0.1, 0.15) is 59.8 Å². The van der Waals surface area contributed by atoms with E-state index in [1.807, 2.05) is 27.7 Å². The molecule has 0 aromatic rings. The second kappa shape index (κ2) is 7.50. The Morgan fingerprint density at radius 1 is 1.15 bits per heavy atom. The number of alkyl carbamates (subject to hydrolysis) is 1. The van der Waals surface area contributed by atoms with Crippen LogP contribution in [0.5, 0.6) is 0 Å². The number of rotatable bonds is 4. The number of esters is 1. The lowest BCUT2D eigenvalue weighted by Crippen LogP contribution is -2.41. The van der Waals surface area contributed by atoms with Crippen molar-refractivity contribution in [3.05, 3.63) is 0 Å². The van der Waals surface area contributed by atoms with Crippen molar-refractivity contribution in [2.75, 3.05) is 6.61 Å². The van der Waals surface area contributed by atoms with E-state index in [1.54, 1.807) is 0 Å². The molecule has 0 spiro atoms. The van der Waals surface area contributed by atoms with E-state index in [2.05, 4.69) is 5.32 Å². The number of ether oxygens (including phenoxy) is 2. The molecule has 1 fully saturated rings. The van der Waals surface area contributed by atoms with Crippen LogP contribution in [0.15, 0.2) is 0 Å². The molecule has 0 aromatic carbocycles. The van der Waals surface area contributed by atoms with Gasteiger partial charge in [-0.25, -0.2) is 4.79 Å². The van der Waals surface area contributed by atoms with E-state index in [-0.39, 0.29) is 18.1 Å². The van der Waals surface area contributed by atoms with Crippen LogP contribution in [0, 0.1) is 5.92 Å². The van der Waals surface area contributed by atoms with Gasteiger partial charge in [0.1, 0.15) is 5.60 Å². The van der Waals surface area contributed by atoms with Crippen molar-refractivity contribution in [1.29, 1.82) is 0 Å². The third kappa shape index (κ3) is 6.78. The Bertz CT molecular complexity index is 327. The zero-order chi connectivity index (χ0) is 15.2. The van der Waals surface area contributed by atoms with Crippen LogP contribution in [-0.4, -0.2) is 30.3 Å². The van der Waals surface area contributed by atoms with Crippen LogP contribution in [0.3, 0.4) is 0 Å². The minimum atomic E-state index is -0.467. The first-order valence-electron chi connectivity index (χ1n) is 7.45. The van der Waals surface area contributed by atoms with E-state index in [4.69, 9.17) is 9.47 Å². The minimum Gasteiger partial charge on any atom is -0.466 e. The molecule has 1 rings (SSSR count). The SMILES string of the molecule is CCOC(=O)CC1CCC(NC(=O)OC(C)(C)C)CC1. The second-order valence-electron chi connectivity index (χ2n) is 6.37. The van der Waals surface area contributed by atoms with Gasteiger partial charge in [0.2, 0.25) is 0 Å². The molecule has 0 bridgehead atoms. The molecule has 20 heavy (non-hydrogen) atoms. The van der Waals surface area contributed by atoms with Gasteiger partial charge in [-0.1, -0.05) is 0 Å². The molecule has 0 radical (unpaired) electrons. The normalized spacial score (nSPS) is 23.0.